The molecule has 0 saturated carbocycles. The standard InChI is InChI=1S/C27H30N4O4S/c1-17-13-18(2)25(19(3)14-17)36(34,35)31-24(26(32)33)15-20-7-9-21(10-8-20)22-5-4-6-23(16-22)30-27-28-11-12-29-27/h4-10,13-14,16,24,31H,11-12,15H2,1-3H3,(H,32,33)(H2,28,29,30)/t24-/m1/s1. The summed E-state index contributed by atoms with van der Waals surface area (Å²) in [6, 6.07) is 17.6. The molecule has 0 unspecified atom stereocenters. The second kappa shape index (κ2) is 10.5. The van der Waals surface area contributed by atoms with Gasteiger partial charge in [-0.3, -0.25) is 9.79 Å². The SMILES string of the molecule is Cc1cc(C)c(S(=O)(=O)N[C@H](Cc2ccc(-c3cccc(NC4=NCCN4)c3)cc2)C(=O)O)c(C)c1. The van der Waals surface area contributed by atoms with E-state index in [9.17, 15) is 18.3 Å². The summed E-state index contributed by atoms with van der Waals surface area (Å²) >= 11 is 0. The van der Waals surface area contributed by atoms with Crippen molar-refractivity contribution in [2.75, 3.05) is 18.4 Å². The third kappa shape index (κ3) is 5.92. The molecule has 8 nitrogen and oxygen atoms in total. The Bertz CT molecular complexity index is 1390. The van der Waals surface area contributed by atoms with Crippen molar-refractivity contribution in [1.82, 2.24) is 10.0 Å². The summed E-state index contributed by atoms with van der Waals surface area (Å²) in [5.74, 6) is -0.479. The number of hydrogen-bond donors (Lipinski definition) is 4. The first-order valence-electron chi connectivity index (χ1n) is 11.7. The second-order valence-corrected chi connectivity index (χ2v) is 10.7. The van der Waals surface area contributed by atoms with E-state index in [0.29, 0.717) is 16.7 Å². The van der Waals surface area contributed by atoms with Crippen LogP contribution in [0.4, 0.5) is 5.69 Å². The highest BCUT2D eigenvalue weighted by Crippen LogP contribution is 2.25. The maximum atomic E-state index is 13.1. The van der Waals surface area contributed by atoms with E-state index in [4.69, 9.17) is 0 Å². The first-order chi connectivity index (χ1) is 17.1. The fourth-order valence-corrected chi connectivity index (χ4v) is 6.12. The van der Waals surface area contributed by atoms with Crippen LogP contribution in [0.1, 0.15) is 22.3 Å². The Labute approximate surface area is 211 Å². The van der Waals surface area contributed by atoms with Crippen LogP contribution in [0.3, 0.4) is 0 Å². The summed E-state index contributed by atoms with van der Waals surface area (Å²) in [4.78, 5) is 16.4. The van der Waals surface area contributed by atoms with Gasteiger partial charge in [0.25, 0.3) is 0 Å². The molecule has 3 aromatic rings. The van der Waals surface area contributed by atoms with E-state index in [0.717, 1.165) is 41.4 Å². The Hall–Kier alpha value is -3.69. The summed E-state index contributed by atoms with van der Waals surface area (Å²) in [6.07, 6.45) is 0.0197. The largest absolute Gasteiger partial charge is 0.480 e. The molecule has 0 aromatic heterocycles. The van der Waals surface area contributed by atoms with E-state index in [1.165, 1.54) is 0 Å². The van der Waals surface area contributed by atoms with Crippen LogP contribution < -0.4 is 15.4 Å². The predicted molar refractivity (Wildman–Crippen MR) is 142 cm³/mol. The molecule has 0 aliphatic carbocycles. The molecule has 36 heavy (non-hydrogen) atoms. The number of rotatable bonds is 8. The number of carboxylic acid groups (broad SMARTS) is 1. The fraction of sp³-hybridized carbons (Fsp3) is 0.259. The molecular formula is C27H30N4O4S. The Kier molecular flexibility index (Phi) is 7.42. The molecule has 0 spiro atoms. The predicted octanol–water partition coefficient (Wildman–Crippen LogP) is 3.62. The van der Waals surface area contributed by atoms with E-state index in [1.807, 2.05) is 55.5 Å². The van der Waals surface area contributed by atoms with Crippen molar-refractivity contribution in [1.29, 1.82) is 0 Å². The van der Waals surface area contributed by atoms with Gasteiger partial charge in [-0.05, 0) is 67.1 Å². The van der Waals surface area contributed by atoms with Crippen LogP contribution in [-0.2, 0) is 21.2 Å². The number of carboxylic acids is 1. The molecule has 3 aromatic carbocycles. The van der Waals surface area contributed by atoms with Crippen LogP contribution >= 0.6 is 0 Å². The van der Waals surface area contributed by atoms with E-state index in [2.05, 4.69) is 20.3 Å². The van der Waals surface area contributed by atoms with Crippen LogP contribution in [0.25, 0.3) is 11.1 Å². The third-order valence-corrected chi connectivity index (χ3v) is 7.77. The van der Waals surface area contributed by atoms with Crippen LogP contribution in [0.5, 0.6) is 0 Å². The summed E-state index contributed by atoms with van der Waals surface area (Å²) in [7, 11) is -4.02. The van der Waals surface area contributed by atoms with Crippen molar-refractivity contribution in [2.45, 2.75) is 38.1 Å². The molecule has 1 atom stereocenters. The van der Waals surface area contributed by atoms with E-state index in [-0.39, 0.29) is 11.3 Å². The molecule has 4 N–H and O–H groups in total. The summed E-state index contributed by atoms with van der Waals surface area (Å²) < 4.78 is 28.6. The molecule has 0 amide bonds. The highest BCUT2D eigenvalue weighted by Gasteiger charge is 2.28. The van der Waals surface area contributed by atoms with Crippen molar-refractivity contribution in [3.8, 4) is 11.1 Å². The van der Waals surface area contributed by atoms with Gasteiger partial charge in [-0.25, -0.2) is 8.42 Å². The minimum absolute atomic E-state index is 0.0197. The molecule has 1 heterocycles. The van der Waals surface area contributed by atoms with Crippen LogP contribution in [0.2, 0.25) is 0 Å². The van der Waals surface area contributed by atoms with Gasteiger partial charge >= 0.3 is 5.97 Å². The van der Waals surface area contributed by atoms with Gasteiger partial charge in [-0.15, -0.1) is 0 Å². The van der Waals surface area contributed by atoms with Crippen LogP contribution in [0, 0.1) is 20.8 Å². The maximum Gasteiger partial charge on any atom is 0.322 e. The average molecular weight is 507 g/mol. The molecule has 4 rings (SSSR count). The van der Waals surface area contributed by atoms with Gasteiger partial charge in [-0.1, -0.05) is 54.1 Å². The number of hydrogen-bond acceptors (Lipinski definition) is 6. The molecule has 1 aliphatic rings. The lowest BCUT2D eigenvalue weighted by Gasteiger charge is -2.18. The summed E-state index contributed by atoms with van der Waals surface area (Å²) in [5, 5.41) is 16.2. The Morgan fingerprint density at radius 3 is 2.33 bits per heavy atom. The molecule has 1 aliphatic heterocycles. The first-order valence-corrected chi connectivity index (χ1v) is 13.2. The van der Waals surface area contributed by atoms with Crippen molar-refractivity contribution < 1.29 is 18.3 Å². The molecule has 0 saturated heterocycles. The number of sulfonamides is 1. The number of aliphatic carboxylic acids is 1. The minimum atomic E-state index is -4.02. The molecule has 0 radical (unpaired) electrons. The maximum absolute atomic E-state index is 13.1. The number of nitrogens with one attached hydrogen (secondary N) is 3. The topological polar surface area (TPSA) is 120 Å². The highest BCUT2D eigenvalue weighted by atomic mass is 32.2. The quantitative estimate of drug-likeness (QED) is 0.370. The molecule has 0 bridgehead atoms. The van der Waals surface area contributed by atoms with Gasteiger partial charge in [0.2, 0.25) is 10.0 Å². The number of guanidine groups is 1. The smallest absolute Gasteiger partial charge is 0.322 e. The third-order valence-electron chi connectivity index (χ3n) is 6.00. The van der Waals surface area contributed by atoms with E-state index < -0.39 is 22.0 Å². The van der Waals surface area contributed by atoms with Gasteiger partial charge in [-0.2, -0.15) is 4.72 Å². The number of nitrogens with zero attached hydrogens (tertiary/aromatic N) is 1. The number of carbonyl (C=O) groups is 1. The Morgan fingerprint density at radius 1 is 1.03 bits per heavy atom. The summed E-state index contributed by atoms with van der Waals surface area (Å²) in [5.41, 5.74) is 5.69. The lowest BCUT2D eigenvalue weighted by atomic mass is 10.0. The molecule has 9 heteroatoms. The molecule has 0 fully saturated rings. The average Bonchev–Trinajstić information content (AvgIpc) is 3.31. The summed E-state index contributed by atoms with van der Waals surface area (Å²) in [6.45, 7) is 6.89. The number of aliphatic imine (C=N–C) groups is 1. The van der Waals surface area contributed by atoms with Gasteiger partial charge in [0.1, 0.15) is 6.04 Å². The van der Waals surface area contributed by atoms with Gasteiger partial charge in [0, 0.05) is 12.2 Å². The first kappa shape index (κ1) is 25.4. The lowest BCUT2D eigenvalue weighted by molar-refractivity contribution is -0.138. The zero-order valence-corrected chi connectivity index (χ0v) is 21.3. The molecule has 188 valence electrons. The minimum Gasteiger partial charge on any atom is -0.480 e. The normalized spacial score (nSPS) is 14.1. The number of anilines is 1. The monoisotopic (exact) mass is 506 g/mol. The van der Waals surface area contributed by atoms with Crippen molar-refractivity contribution in [2.24, 2.45) is 4.99 Å². The van der Waals surface area contributed by atoms with Crippen molar-refractivity contribution in [3.05, 3.63) is 82.9 Å². The fourth-order valence-electron chi connectivity index (χ4n) is 4.48. The molecular weight excluding hydrogens is 476 g/mol. The zero-order chi connectivity index (χ0) is 25.9. The van der Waals surface area contributed by atoms with Gasteiger partial charge in [0.05, 0.1) is 11.4 Å². The van der Waals surface area contributed by atoms with E-state index in [1.54, 1.807) is 26.0 Å². The Morgan fingerprint density at radius 2 is 1.72 bits per heavy atom. The van der Waals surface area contributed by atoms with Gasteiger partial charge < -0.3 is 15.7 Å². The van der Waals surface area contributed by atoms with E-state index >= 15 is 0 Å². The second-order valence-electron chi connectivity index (χ2n) is 9.00. The van der Waals surface area contributed by atoms with Crippen LogP contribution in [-0.4, -0.2) is 44.6 Å². The van der Waals surface area contributed by atoms with Crippen molar-refractivity contribution in [3.63, 3.8) is 0 Å². The number of benzene rings is 3. The number of aryl methyl sites for hydroxylation is 3. The van der Waals surface area contributed by atoms with Gasteiger partial charge in [0.15, 0.2) is 5.96 Å². The Balaban J connectivity index is 1.50. The van der Waals surface area contributed by atoms with Crippen LogP contribution in [0.15, 0.2) is 70.6 Å². The zero-order valence-electron chi connectivity index (χ0n) is 20.5. The van der Waals surface area contributed by atoms with Crippen molar-refractivity contribution >= 4 is 27.6 Å². The highest BCUT2D eigenvalue weighted by molar-refractivity contribution is 7.89. The lowest BCUT2D eigenvalue weighted by Crippen LogP contribution is -2.42.